The third-order valence-corrected chi connectivity index (χ3v) is 7.37. The van der Waals surface area contributed by atoms with Crippen LogP contribution >= 0.6 is 15.9 Å². The summed E-state index contributed by atoms with van der Waals surface area (Å²) in [6, 6.07) is 13.8. The fourth-order valence-corrected chi connectivity index (χ4v) is 5.32. The van der Waals surface area contributed by atoms with Crippen LogP contribution in [0, 0.1) is 62.1 Å². The molecule has 7 heteroatoms. The van der Waals surface area contributed by atoms with E-state index in [9.17, 15) is 15.8 Å². The fourth-order valence-electron chi connectivity index (χ4n) is 5.06. The van der Waals surface area contributed by atoms with Crippen LogP contribution in [0.2, 0.25) is 0 Å². The number of hydrogen-bond acceptors (Lipinski definition) is 6. The molecule has 1 N–H and O–H groups in total. The number of nitrogens with one attached hydrogen (secondary N) is 1. The van der Waals surface area contributed by atoms with E-state index in [4.69, 9.17) is 14.9 Å². The zero-order valence-corrected chi connectivity index (χ0v) is 19.0. The van der Waals surface area contributed by atoms with E-state index in [0.717, 1.165) is 23.7 Å². The lowest BCUT2D eigenvalue weighted by molar-refractivity contribution is -0.296. The Labute approximate surface area is 186 Å². The summed E-state index contributed by atoms with van der Waals surface area (Å²) in [5.41, 5.74) is -2.88. The molecule has 3 rings (SSSR count). The van der Waals surface area contributed by atoms with Gasteiger partial charge in [0.15, 0.2) is 10.8 Å². The van der Waals surface area contributed by atoms with E-state index < -0.39 is 28.6 Å². The van der Waals surface area contributed by atoms with Gasteiger partial charge in [-0.3, -0.25) is 5.41 Å². The third-order valence-electron chi connectivity index (χ3n) is 6.84. The number of hydrogen-bond donors (Lipinski definition) is 1. The summed E-state index contributed by atoms with van der Waals surface area (Å²) < 4.78 is 13.5. The van der Waals surface area contributed by atoms with Crippen molar-refractivity contribution in [1.29, 1.82) is 21.2 Å². The first kappa shape index (κ1) is 22.3. The largest absolute Gasteiger partial charge is 0.443 e. The molecule has 1 aromatic carbocycles. The highest BCUT2D eigenvalue weighted by atomic mass is 79.9. The third kappa shape index (κ3) is 2.71. The van der Waals surface area contributed by atoms with Crippen LogP contribution in [0.3, 0.4) is 0 Å². The first-order valence-corrected chi connectivity index (χ1v) is 11.1. The Kier molecular flexibility index (Phi) is 5.96. The van der Waals surface area contributed by atoms with E-state index in [2.05, 4.69) is 41.1 Å². The van der Waals surface area contributed by atoms with Gasteiger partial charge in [0.2, 0.25) is 11.7 Å². The van der Waals surface area contributed by atoms with Crippen molar-refractivity contribution in [3.05, 3.63) is 34.3 Å². The maximum absolute atomic E-state index is 10.3. The number of fused-ring (bicyclic) bond motifs is 2. The molecule has 156 valence electrons. The van der Waals surface area contributed by atoms with Crippen molar-refractivity contribution in [2.45, 2.75) is 58.3 Å². The van der Waals surface area contributed by atoms with Crippen LogP contribution in [0.4, 0.5) is 0 Å². The second-order valence-electron chi connectivity index (χ2n) is 8.13. The Hall–Kier alpha value is -2.40. The van der Waals surface area contributed by atoms with Gasteiger partial charge in [-0.25, -0.2) is 0 Å². The van der Waals surface area contributed by atoms with Crippen molar-refractivity contribution >= 4 is 21.8 Å². The van der Waals surface area contributed by atoms with Crippen molar-refractivity contribution < 1.29 is 9.47 Å². The molecule has 30 heavy (non-hydrogen) atoms. The summed E-state index contributed by atoms with van der Waals surface area (Å²) in [5, 5.41) is 39.5. The van der Waals surface area contributed by atoms with Crippen LogP contribution in [0.15, 0.2) is 28.7 Å². The molecule has 0 amide bonds. The van der Waals surface area contributed by atoms with Crippen molar-refractivity contribution in [2.24, 2.45) is 22.7 Å². The molecule has 2 saturated heterocycles. The van der Waals surface area contributed by atoms with Gasteiger partial charge in [-0.05, 0) is 24.5 Å². The summed E-state index contributed by atoms with van der Waals surface area (Å²) in [4.78, 5) is 0. The summed E-state index contributed by atoms with van der Waals surface area (Å²) in [6.07, 6.45) is 2.49. The van der Waals surface area contributed by atoms with Crippen LogP contribution in [0.1, 0.15) is 52.0 Å². The molecule has 1 aromatic rings. The SMILES string of the molecule is CCCCC(CC)C1OC2(c3ccc(Br)cc3)OC(=N)C(C#N)(C2C)C1(C#N)C#N. The quantitative estimate of drug-likeness (QED) is 0.599. The maximum atomic E-state index is 10.3. The minimum absolute atomic E-state index is 0.117. The van der Waals surface area contributed by atoms with Crippen molar-refractivity contribution in [1.82, 2.24) is 0 Å². The first-order valence-electron chi connectivity index (χ1n) is 10.3. The van der Waals surface area contributed by atoms with Crippen LogP contribution in [-0.2, 0) is 15.3 Å². The average molecular weight is 469 g/mol. The van der Waals surface area contributed by atoms with Crippen molar-refractivity contribution in [2.75, 3.05) is 0 Å². The molecule has 2 aliphatic heterocycles. The van der Waals surface area contributed by atoms with Crippen LogP contribution in [0.25, 0.3) is 0 Å². The summed E-state index contributed by atoms with van der Waals surface area (Å²) in [7, 11) is 0. The summed E-state index contributed by atoms with van der Waals surface area (Å²) in [6.45, 7) is 5.82. The molecule has 0 aliphatic carbocycles. The molecule has 0 spiro atoms. The Morgan fingerprint density at radius 3 is 2.27 bits per heavy atom. The number of benzene rings is 1. The van der Waals surface area contributed by atoms with E-state index in [1.165, 1.54) is 0 Å². The minimum Gasteiger partial charge on any atom is -0.443 e. The number of nitrogens with zero attached hydrogens (tertiary/aromatic N) is 3. The number of unbranched alkanes of at least 4 members (excludes halogenated alkanes) is 1. The lowest BCUT2D eigenvalue weighted by atomic mass is 9.52. The van der Waals surface area contributed by atoms with E-state index in [-0.39, 0.29) is 11.8 Å². The van der Waals surface area contributed by atoms with Crippen molar-refractivity contribution in [3.8, 4) is 18.2 Å². The molecular weight excluding hydrogens is 444 g/mol. The Balaban J connectivity index is 2.28. The minimum atomic E-state index is -1.83. The van der Waals surface area contributed by atoms with Crippen LogP contribution in [-0.4, -0.2) is 12.0 Å². The second kappa shape index (κ2) is 8.03. The molecule has 5 atom stereocenters. The van der Waals surface area contributed by atoms with E-state index in [0.29, 0.717) is 12.0 Å². The molecule has 5 unspecified atom stereocenters. The molecule has 0 radical (unpaired) electrons. The van der Waals surface area contributed by atoms with Gasteiger partial charge in [0.05, 0.1) is 30.2 Å². The lowest BCUT2D eigenvalue weighted by Crippen LogP contribution is -2.62. The normalized spacial score (nSPS) is 32.4. The Morgan fingerprint density at radius 1 is 1.13 bits per heavy atom. The Morgan fingerprint density at radius 2 is 1.77 bits per heavy atom. The standard InChI is InChI=1S/C23H25BrN4O2/c1-4-6-7-16(5-2)19-21(12-25,13-26)22(14-27)15(3)23(29-19,30-20(22)28)17-8-10-18(24)11-9-17/h8-11,15-16,19,28H,4-7H2,1-3H3. The van der Waals surface area contributed by atoms with Gasteiger partial charge >= 0.3 is 0 Å². The molecule has 0 aromatic heterocycles. The lowest BCUT2D eigenvalue weighted by Gasteiger charge is -2.50. The molecular formula is C23H25BrN4O2. The van der Waals surface area contributed by atoms with Gasteiger partial charge in [0.1, 0.15) is 0 Å². The zero-order chi connectivity index (χ0) is 22.2. The highest BCUT2D eigenvalue weighted by Crippen LogP contribution is 2.66. The predicted molar refractivity (Wildman–Crippen MR) is 114 cm³/mol. The molecule has 2 bridgehead atoms. The summed E-state index contributed by atoms with van der Waals surface area (Å²) in [5.74, 6) is -2.59. The van der Waals surface area contributed by atoms with E-state index in [1.54, 1.807) is 6.92 Å². The fraction of sp³-hybridized carbons (Fsp3) is 0.565. The smallest absolute Gasteiger partial charge is 0.243 e. The first-order chi connectivity index (χ1) is 14.3. The van der Waals surface area contributed by atoms with Crippen molar-refractivity contribution in [3.63, 3.8) is 0 Å². The van der Waals surface area contributed by atoms with Gasteiger partial charge in [0, 0.05) is 10.0 Å². The molecule has 6 nitrogen and oxygen atoms in total. The van der Waals surface area contributed by atoms with Crippen LogP contribution in [0.5, 0.6) is 0 Å². The molecule has 2 heterocycles. The van der Waals surface area contributed by atoms with Gasteiger partial charge < -0.3 is 9.47 Å². The monoisotopic (exact) mass is 468 g/mol. The van der Waals surface area contributed by atoms with Gasteiger partial charge in [-0.2, -0.15) is 15.8 Å². The summed E-state index contributed by atoms with van der Waals surface area (Å²) >= 11 is 3.42. The highest BCUT2D eigenvalue weighted by molar-refractivity contribution is 9.10. The zero-order valence-electron chi connectivity index (χ0n) is 17.4. The Bertz CT molecular complexity index is 943. The van der Waals surface area contributed by atoms with Gasteiger partial charge in [-0.1, -0.05) is 68.1 Å². The number of halogens is 1. The number of nitriles is 3. The molecule has 2 fully saturated rings. The van der Waals surface area contributed by atoms with E-state index >= 15 is 0 Å². The molecule has 2 aliphatic rings. The topological polar surface area (TPSA) is 114 Å². The second-order valence-corrected chi connectivity index (χ2v) is 9.04. The van der Waals surface area contributed by atoms with E-state index in [1.807, 2.05) is 31.2 Å². The average Bonchev–Trinajstić information content (AvgIpc) is 2.91. The predicted octanol–water partition coefficient (Wildman–Crippen LogP) is 5.40. The van der Waals surface area contributed by atoms with Crippen LogP contribution < -0.4 is 0 Å². The molecule has 0 saturated carbocycles. The number of ether oxygens (including phenoxy) is 2. The number of rotatable bonds is 6. The van der Waals surface area contributed by atoms with Gasteiger partial charge in [0.25, 0.3) is 0 Å². The maximum Gasteiger partial charge on any atom is 0.243 e. The highest BCUT2D eigenvalue weighted by Gasteiger charge is 2.80. The van der Waals surface area contributed by atoms with Gasteiger partial charge in [-0.15, -0.1) is 0 Å².